The van der Waals surface area contributed by atoms with Crippen LogP contribution in [0.2, 0.25) is 0 Å². The molecule has 1 aromatic heterocycles. The number of para-hydroxylation sites is 1. The second-order valence-corrected chi connectivity index (χ2v) is 11.8. The fraction of sp³-hybridized carbons (Fsp3) is 0.452. The number of rotatable bonds is 10. The summed E-state index contributed by atoms with van der Waals surface area (Å²) in [6.07, 6.45) is 1.66. The lowest BCUT2D eigenvalue weighted by Gasteiger charge is -2.19. The highest BCUT2D eigenvalue weighted by atomic mass is 16.6. The van der Waals surface area contributed by atoms with E-state index in [-0.39, 0.29) is 17.1 Å². The number of imidazole rings is 1. The SMILES string of the molecule is COC(=O)c1cccc2nc(NC(=O)c3cccc(C(=O)OC(C)(C)C)c3)n(CCCCCNC(=O)OC(C)(C)C)c12. The number of unbranched alkanes of at least 4 members (excludes halogenated alkanes) is 2. The molecule has 3 rings (SSSR count). The summed E-state index contributed by atoms with van der Waals surface area (Å²) in [5, 5.41) is 5.58. The van der Waals surface area contributed by atoms with Gasteiger partial charge in [0, 0.05) is 18.7 Å². The summed E-state index contributed by atoms with van der Waals surface area (Å²) in [6, 6.07) is 11.3. The maximum absolute atomic E-state index is 13.3. The first-order valence-corrected chi connectivity index (χ1v) is 13.9. The highest BCUT2D eigenvalue weighted by molar-refractivity contribution is 6.07. The first-order valence-electron chi connectivity index (χ1n) is 13.9. The van der Waals surface area contributed by atoms with Crippen molar-refractivity contribution in [2.45, 2.75) is 78.6 Å². The molecule has 0 radical (unpaired) electrons. The molecule has 2 aromatic carbocycles. The Labute approximate surface area is 245 Å². The van der Waals surface area contributed by atoms with E-state index in [1.54, 1.807) is 82.5 Å². The van der Waals surface area contributed by atoms with Gasteiger partial charge in [-0.15, -0.1) is 0 Å². The fourth-order valence-electron chi connectivity index (χ4n) is 4.15. The summed E-state index contributed by atoms with van der Waals surface area (Å²) in [5.41, 5.74) is 0.626. The van der Waals surface area contributed by atoms with Crippen LogP contribution in [0.25, 0.3) is 11.0 Å². The van der Waals surface area contributed by atoms with E-state index in [1.165, 1.54) is 13.2 Å². The molecule has 226 valence electrons. The second-order valence-electron chi connectivity index (χ2n) is 11.8. The van der Waals surface area contributed by atoms with Crippen molar-refractivity contribution >= 4 is 40.9 Å². The first kappa shape index (κ1) is 32.1. The van der Waals surface area contributed by atoms with Crippen LogP contribution < -0.4 is 10.6 Å². The van der Waals surface area contributed by atoms with E-state index in [0.29, 0.717) is 42.5 Å². The van der Waals surface area contributed by atoms with Crippen LogP contribution in [0.1, 0.15) is 91.9 Å². The van der Waals surface area contributed by atoms with Crippen LogP contribution in [0.4, 0.5) is 10.7 Å². The lowest BCUT2D eigenvalue weighted by molar-refractivity contribution is 0.00689. The summed E-state index contributed by atoms with van der Waals surface area (Å²) < 4.78 is 17.4. The van der Waals surface area contributed by atoms with Gasteiger partial charge >= 0.3 is 18.0 Å². The molecule has 0 bridgehead atoms. The van der Waals surface area contributed by atoms with Crippen LogP contribution in [0.5, 0.6) is 0 Å². The number of hydrogen-bond acceptors (Lipinski definition) is 8. The topological polar surface area (TPSA) is 138 Å². The number of hydrogen-bond donors (Lipinski definition) is 2. The summed E-state index contributed by atoms with van der Waals surface area (Å²) >= 11 is 0. The van der Waals surface area contributed by atoms with Crippen LogP contribution in [0, 0.1) is 0 Å². The number of aryl methyl sites for hydroxylation is 1. The molecule has 3 aromatic rings. The Morgan fingerprint density at radius 1 is 0.833 bits per heavy atom. The van der Waals surface area contributed by atoms with Crippen LogP contribution in [-0.4, -0.2) is 58.3 Å². The van der Waals surface area contributed by atoms with Crippen molar-refractivity contribution in [3.63, 3.8) is 0 Å². The predicted molar refractivity (Wildman–Crippen MR) is 159 cm³/mol. The zero-order chi connectivity index (χ0) is 31.1. The highest BCUT2D eigenvalue weighted by Gasteiger charge is 2.22. The Morgan fingerprint density at radius 3 is 2.17 bits per heavy atom. The van der Waals surface area contributed by atoms with E-state index in [0.717, 1.165) is 6.42 Å². The third kappa shape index (κ3) is 9.05. The molecule has 0 aliphatic carbocycles. The molecule has 0 atom stereocenters. The van der Waals surface area contributed by atoms with Gasteiger partial charge in [0.05, 0.1) is 29.3 Å². The number of carbonyl (C=O) groups excluding carboxylic acids is 4. The van der Waals surface area contributed by atoms with Crippen molar-refractivity contribution in [1.29, 1.82) is 0 Å². The molecule has 2 N–H and O–H groups in total. The number of fused-ring (bicyclic) bond motifs is 1. The first-order chi connectivity index (χ1) is 19.7. The normalized spacial score (nSPS) is 11.6. The Kier molecular flexibility index (Phi) is 10.3. The minimum Gasteiger partial charge on any atom is -0.465 e. The predicted octanol–water partition coefficient (Wildman–Crippen LogP) is 5.73. The molecule has 11 nitrogen and oxygen atoms in total. The van der Waals surface area contributed by atoms with Crippen LogP contribution >= 0.6 is 0 Å². The van der Waals surface area contributed by atoms with Gasteiger partial charge in [-0.25, -0.2) is 19.4 Å². The zero-order valence-electron chi connectivity index (χ0n) is 25.3. The maximum atomic E-state index is 13.3. The molecule has 11 heteroatoms. The average molecular weight is 581 g/mol. The summed E-state index contributed by atoms with van der Waals surface area (Å²) in [7, 11) is 1.31. The Bertz CT molecular complexity index is 1450. The number of methoxy groups -OCH3 is 1. The number of alkyl carbamates (subject to hydrolysis) is 1. The number of nitrogens with zero attached hydrogens (tertiary/aromatic N) is 2. The van der Waals surface area contributed by atoms with E-state index in [9.17, 15) is 19.2 Å². The summed E-state index contributed by atoms with van der Waals surface area (Å²) in [6.45, 7) is 11.6. The molecule has 2 amide bonds. The highest BCUT2D eigenvalue weighted by Crippen LogP contribution is 2.26. The molecule has 0 aliphatic rings. The number of nitrogens with one attached hydrogen (secondary N) is 2. The molecule has 0 saturated heterocycles. The quantitative estimate of drug-likeness (QED) is 0.176. The van der Waals surface area contributed by atoms with Gasteiger partial charge in [0.2, 0.25) is 5.95 Å². The minimum absolute atomic E-state index is 0.248. The molecule has 42 heavy (non-hydrogen) atoms. The number of benzene rings is 2. The third-order valence-electron chi connectivity index (χ3n) is 5.88. The van der Waals surface area contributed by atoms with Crippen molar-refractivity contribution in [1.82, 2.24) is 14.9 Å². The Balaban J connectivity index is 1.79. The molecule has 0 unspecified atom stereocenters. The fourth-order valence-corrected chi connectivity index (χ4v) is 4.15. The van der Waals surface area contributed by atoms with Crippen LogP contribution in [0.15, 0.2) is 42.5 Å². The van der Waals surface area contributed by atoms with Gasteiger partial charge in [-0.3, -0.25) is 10.1 Å². The van der Waals surface area contributed by atoms with Crippen molar-refractivity contribution in [2.24, 2.45) is 0 Å². The number of amides is 2. The van der Waals surface area contributed by atoms with Crippen molar-refractivity contribution < 1.29 is 33.4 Å². The van der Waals surface area contributed by atoms with Crippen LogP contribution in [0.3, 0.4) is 0 Å². The Morgan fingerprint density at radius 2 is 1.50 bits per heavy atom. The van der Waals surface area contributed by atoms with Gasteiger partial charge in [0.1, 0.15) is 11.2 Å². The molecule has 1 heterocycles. The lowest BCUT2D eigenvalue weighted by Crippen LogP contribution is -2.33. The number of aromatic nitrogens is 2. The largest absolute Gasteiger partial charge is 0.465 e. The standard InChI is InChI=1S/C31H40N4O7/c1-30(2,3)41-26(37)21-14-11-13-20(19-21)25(36)34-28-33-23-16-12-15-22(27(38)40-7)24(23)35(28)18-10-8-9-17-32-29(39)42-31(4,5)6/h11-16,19H,8-10,17-18H2,1-7H3,(H,32,39)(H,33,34,36). The molecule has 0 saturated carbocycles. The number of esters is 2. The summed E-state index contributed by atoms with van der Waals surface area (Å²) in [5.74, 6) is -1.28. The molecule has 0 fully saturated rings. The van der Waals surface area contributed by atoms with E-state index < -0.39 is 35.1 Å². The van der Waals surface area contributed by atoms with Gasteiger partial charge in [-0.1, -0.05) is 12.1 Å². The second kappa shape index (κ2) is 13.5. The van der Waals surface area contributed by atoms with Gasteiger partial charge in [0.25, 0.3) is 5.91 Å². The minimum atomic E-state index is -0.677. The monoisotopic (exact) mass is 580 g/mol. The van der Waals surface area contributed by atoms with Crippen molar-refractivity contribution in [3.05, 3.63) is 59.2 Å². The van der Waals surface area contributed by atoms with E-state index in [1.807, 2.05) is 0 Å². The molecular weight excluding hydrogens is 540 g/mol. The number of anilines is 1. The number of ether oxygens (including phenoxy) is 3. The summed E-state index contributed by atoms with van der Waals surface area (Å²) in [4.78, 5) is 54.9. The zero-order valence-corrected chi connectivity index (χ0v) is 25.3. The average Bonchev–Trinajstić information content (AvgIpc) is 3.25. The van der Waals surface area contributed by atoms with Gasteiger partial charge in [0.15, 0.2) is 0 Å². The molecule has 0 aliphatic heterocycles. The smallest absolute Gasteiger partial charge is 0.407 e. The molecular formula is C31H40N4O7. The van der Waals surface area contributed by atoms with Gasteiger partial charge in [-0.05, 0) is 91.1 Å². The third-order valence-corrected chi connectivity index (χ3v) is 5.88. The van der Waals surface area contributed by atoms with Gasteiger partial charge in [-0.2, -0.15) is 0 Å². The van der Waals surface area contributed by atoms with E-state index in [4.69, 9.17) is 14.2 Å². The Hall–Kier alpha value is -4.41. The van der Waals surface area contributed by atoms with Crippen molar-refractivity contribution in [3.8, 4) is 0 Å². The lowest BCUT2D eigenvalue weighted by atomic mass is 10.1. The van der Waals surface area contributed by atoms with E-state index >= 15 is 0 Å². The maximum Gasteiger partial charge on any atom is 0.407 e. The van der Waals surface area contributed by atoms with Gasteiger partial charge < -0.3 is 24.1 Å². The van der Waals surface area contributed by atoms with E-state index in [2.05, 4.69) is 15.6 Å². The van der Waals surface area contributed by atoms with Crippen LogP contribution in [-0.2, 0) is 20.8 Å². The van der Waals surface area contributed by atoms with Crippen molar-refractivity contribution in [2.75, 3.05) is 19.0 Å². The number of carbonyl (C=O) groups is 4. The molecule has 0 spiro atoms.